The Hall–Kier alpha value is -6.13. The number of carbonyl (C=O) groups is 4. The van der Waals surface area contributed by atoms with Crippen LogP contribution in [0.4, 0.5) is 11.4 Å². The molecule has 274 valence electrons. The van der Waals surface area contributed by atoms with E-state index in [1.165, 1.54) is 34.8 Å². The summed E-state index contributed by atoms with van der Waals surface area (Å²) < 4.78 is 9.17. The fourth-order valence-corrected chi connectivity index (χ4v) is 6.84. The number of benzene rings is 2. The van der Waals surface area contributed by atoms with Gasteiger partial charge in [0, 0.05) is 49.7 Å². The monoisotopic (exact) mass is 721 g/mol. The number of nitrogens with zero attached hydrogens (tertiary/aromatic N) is 7. The van der Waals surface area contributed by atoms with Crippen molar-refractivity contribution in [3.05, 3.63) is 91.2 Å². The smallest absolute Gasteiger partial charge is 0.258 e. The second-order valence-electron chi connectivity index (χ2n) is 13.2. The van der Waals surface area contributed by atoms with Gasteiger partial charge in [0.05, 0.1) is 42.6 Å². The molecule has 0 saturated carbocycles. The van der Waals surface area contributed by atoms with Crippen molar-refractivity contribution < 1.29 is 33.8 Å². The second-order valence-corrected chi connectivity index (χ2v) is 13.2. The lowest BCUT2D eigenvalue weighted by Gasteiger charge is -2.26. The summed E-state index contributed by atoms with van der Waals surface area (Å²) in [5, 5.41) is 27.0. The summed E-state index contributed by atoms with van der Waals surface area (Å²) in [7, 11) is 3.38. The van der Waals surface area contributed by atoms with E-state index in [2.05, 4.69) is 25.6 Å². The number of imidazole rings is 2. The highest BCUT2D eigenvalue weighted by Gasteiger charge is 2.39. The molecule has 5 heterocycles. The minimum Gasteiger partial charge on any atom is -0.436 e. The van der Waals surface area contributed by atoms with Crippen LogP contribution in [0, 0.1) is 0 Å². The van der Waals surface area contributed by atoms with E-state index in [1.54, 1.807) is 78.0 Å². The van der Waals surface area contributed by atoms with Gasteiger partial charge < -0.3 is 44.2 Å². The van der Waals surface area contributed by atoms with E-state index >= 15 is 0 Å². The molecule has 16 nitrogen and oxygen atoms in total. The number of hydrogen-bond donors (Lipinski definition) is 4. The predicted octanol–water partition coefficient (Wildman–Crippen LogP) is 2.80. The lowest BCUT2D eigenvalue weighted by molar-refractivity contribution is -0.144. The Morgan fingerprint density at radius 3 is 1.58 bits per heavy atom. The Morgan fingerprint density at radius 2 is 1.15 bits per heavy atom. The number of rotatable bonds is 10. The third-order valence-electron chi connectivity index (χ3n) is 9.76. The number of oxazole rings is 1. The lowest BCUT2D eigenvalue weighted by Crippen LogP contribution is -2.45. The van der Waals surface area contributed by atoms with E-state index in [1.807, 2.05) is 0 Å². The molecule has 2 aromatic carbocycles. The van der Waals surface area contributed by atoms with Crippen LogP contribution < -0.4 is 10.6 Å². The second kappa shape index (κ2) is 14.8. The summed E-state index contributed by atoms with van der Waals surface area (Å²) >= 11 is 0. The maximum Gasteiger partial charge on any atom is 0.258 e. The molecule has 5 aromatic rings. The summed E-state index contributed by atoms with van der Waals surface area (Å²) in [4.78, 5) is 67.7. The molecule has 2 aliphatic heterocycles. The van der Waals surface area contributed by atoms with Gasteiger partial charge in [-0.05, 0) is 74.2 Å². The van der Waals surface area contributed by atoms with Crippen LogP contribution in [-0.2, 0) is 33.3 Å². The summed E-state index contributed by atoms with van der Waals surface area (Å²) in [6.45, 7) is 0.743. The third kappa shape index (κ3) is 7.18. The zero-order valence-electron chi connectivity index (χ0n) is 29.1. The predicted molar refractivity (Wildman–Crippen MR) is 190 cm³/mol. The molecule has 4 amide bonds. The molecule has 0 spiro atoms. The molecule has 2 saturated heterocycles. The molecule has 3 aromatic heterocycles. The largest absolute Gasteiger partial charge is 0.436 e. The highest BCUT2D eigenvalue weighted by atomic mass is 16.4. The minimum atomic E-state index is -1.41. The first kappa shape index (κ1) is 35.3. The quantitative estimate of drug-likeness (QED) is 0.166. The van der Waals surface area contributed by atoms with Gasteiger partial charge in [-0.1, -0.05) is 0 Å². The van der Waals surface area contributed by atoms with Crippen molar-refractivity contribution in [3.63, 3.8) is 0 Å². The number of amides is 4. The average Bonchev–Trinajstić information content (AvgIpc) is 4.02. The Labute approximate surface area is 304 Å². The molecule has 2 fully saturated rings. The summed E-state index contributed by atoms with van der Waals surface area (Å²) in [6, 6.07) is 12.6. The van der Waals surface area contributed by atoms with E-state index in [-0.39, 0.29) is 11.8 Å². The molecule has 4 atom stereocenters. The van der Waals surface area contributed by atoms with Crippen LogP contribution >= 0.6 is 0 Å². The van der Waals surface area contributed by atoms with Gasteiger partial charge in [0.15, 0.2) is 18.0 Å². The molecular weight excluding hydrogens is 682 g/mol. The van der Waals surface area contributed by atoms with E-state index in [0.717, 1.165) is 5.56 Å². The van der Waals surface area contributed by atoms with Crippen molar-refractivity contribution in [1.82, 2.24) is 33.9 Å². The number of aliphatic hydroxyl groups is 2. The van der Waals surface area contributed by atoms with Crippen molar-refractivity contribution in [1.29, 1.82) is 0 Å². The number of aryl methyl sites for hydroxylation is 2. The van der Waals surface area contributed by atoms with Gasteiger partial charge in [0.1, 0.15) is 12.1 Å². The number of likely N-dealkylation sites (tertiary alicyclic amines) is 2. The van der Waals surface area contributed by atoms with Gasteiger partial charge in [0.2, 0.25) is 17.7 Å². The fourth-order valence-electron chi connectivity index (χ4n) is 6.84. The molecule has 53 heavy (non-hydrogen) atoms. The number of carbonyl (C=O) groups excluding carboxylic acids is 4. The summed E-state index contributed by atoms with van der Waals surface area (Å²) in [5.74, 6) is -0.880. The third-order valence-corrected chi connectivity index (χ3v) is 9.76. The van der Waals surface area contributed by atoms with E-state index in [4.69, 9.17) is 4.42 Å². The minimum absolute atomic E-state index is 0.337. The zero-order valence-corrected chi connectivity index (χ0v) is 29.1. The van der Waals surface area contributed by atoms with Crippen molar-refractivity contribution in [2.45, 2.75) is 50.0 Å². The molecule has 7 rings (SSSR count). The van der Waals surface area contributed by atoms with Gasteiger partial charge >= 0.3 is 0 Å². The highest BCUT2D eigenvalue weighted by Crippen LogP contribution is 2.30. The van der Waals surface area contributed by atoms with Crippen molar-refractivity contribution in [2.24, 2.45) is 14.1 Å². The van der Waals surface area contributed by atoms with Crippen LogP contribution in [0.2, 0.25) is 0 Å². The van der Waals surface area contributed by atoms with E-state index in [0.29, 0.717) is 78.7 Å². The Balaban J connectivity index is 0.941. The molecule has 0 aliphatic carbocycles. The Morgan fingerprint density at radius 1 is 0.698 bits per heavy atom. The first-order valence-corrected chi connectivity index (χ1v) is 17.3. The SMILES string of the molecule is Cn1cncc1C(O)C(=O)N1CCCC1C(=O)Nc1ccc(-c2cnc(-c3ccc(NC(=O)[C@@H]4CCCN4C(=O)[C@@H](O)c4cncn4C)cc3)o2)cc1. The molecule has 0 bridgehead atoms. The number of hydrogen-bond acceptors (Lipinski definition) is 10. The van der Waals surface area contributed by atoms with Crippen molar-refractivity contribution >= 4 is 35.0 Å². The van der Waals surface area contributed by atoms with Gasteiger partial charge in [0.25, 0.3) is 11.8 Å². The topological polar surface area (TPSA) is 201 Å². The first-order chi connectivity index (χ1) is 25.6. The lowest BCUT2D eigenvalue weighted by atomic mass is 10.1. The maximum absolute atomic E-state index is 13.2. The molecule has 0 radical (unpaired) electrons. The number of anilines is 2. The van der Waals surface area contributed by atoms with Crippen LogP contribution in [0.15, 0.2) is 84.2 Å². The van der Waals surface area contributed by atoms with Gasteiger partial charge in [-0.25, -0.2) is 15.0 Å². The maximum atomic E-state index is 13.2. The van der Waals surface area contributed by atoms with Crippen LogP contribution in [0.1, 0.15) is 49.3 Å². The average molecular weight is 722 g/mol. The molecule has 2 unspecified atom stereocenters. The van der Waals surface area contributed by atoms with Crippen molar-refractivity contribution in [3.8, 4) is 22.8 Å². The zero-order chi connectivity index (χ0) is 37.2. The number of aromatic nitrogens is 5. The Bertz CT molecular complexity index is 1970. The number of aliphatic hydroxyl groups excluding tert-OH is 2. The molecule has 2 aliphatic rings. The van der Waals surface area contributed by atoms with E-state index in [9.17, 15) is 29.4 Å². The fraction of sp³-hybridized carbons (Fsp3) is 0.324. The standard InChI is InChI=1S/C37H39N9O7/c1-43-20-38-17-28(43)31(47)36(51)45-15-3-5-26(45)33(49)41-24-11-7-22(8-12-24)30-19-40-35(53-30)23-9-13-25(14-10-23)42-34(50)27-6-4-16-46(27)37(52)32(48)29-18-39-21-44(29)2/h7-14,17-21,26-27,31-32,47-48H,3-6,15-16H2,1-2H3,(H,41,49)(H,42,50)/t26?,27-,31?,32-/m0/s1. The molecule has 4 N–H and O–H groups in total. The highest BCUT2D eigenvalue weighted by molar-refractivity contribution is 5.99. The van der Waals surface area contributed by atoms with Gasteiger partial charge in [-0.2, -0.15) is 0 Å². The summed E-state index contributed by atoms with van der Waals surface area (Å²) in [6.07, 6.45) is 6.90. The van der Waals surface area contributed by atoms with Crippen LogP contribution in [0.5, 0.6) is 0 Å². The van der Waals surface area contributed by atoms with E-state index < -0.39 is 36.1 Å². The number of nitrogens with one attached hydrogen (secondary N) is 2. The van der Waals surface area contributed by atoms with Crippen LogP contribution in [0.3, 0.4) is 0 Å². The van der Waals surface area contributed by atoms with Crippen LogP contribution in [-0.4, -0.2) is 92.9 Å². The Kier molecular flexibility index (Phi) is 9.88. The van der Waals surface area contributed by atoms with Crippen molar-refractivity contribution in [2.75, 3.05) is 23.7 Å². The summed E-state index contributed by atoms with van der Waals surface area (Å²) in [5.41, 5.74) is 3.19. The normalized spacial score (nSPS) is 18.2. The van der Waals surface area contributed by atoms with Gasteiger partial charge in [-0.3, -0.25) is 19.2 Å². The van der Waals surface area contributed by atoms with Gasteiger partial charge in [-0.15, -0.1) is 0 Å². The molecular formula is C37H39N9O7. The first-order valence-electron chi connectivity index (χ1n) is 17.3. The molecule has 16 heteroatoms. The van der Waals surface area contributed by atoms with Crippen LogP contribution in [0.25, 0.3) is 22.8 Å².